The first kappa shape index (κ1) is 24.7. The van der Waals surface area contributed by atoms with Crippen LogP contribution in [0.1, 0.15) is 53.0 Å². The SMILES string of the molecule is CC1CCc2c(sc(NC(=O)CSc3nnc(C(C)Oc4ccc(Br)cc4)n3C)c2C(N)=O)C1. The normalized spacial score (nSPS) is 16.1. The maximum Gasteiger partial charge on any atom is 0.251 e. The van der Waals surface area contributed by atoms with Crippen molar-refractivity contribution >= 4 is 55.8 Å². The number of nitrogens with zero attached hydrogens (tertiary/aromatic N) is 3. The van der Waals surface area contributed by atoms with Crippen molar-refractivity contribution in [2.24, 2.45) is 18.7 Å². The van der Waals surface area contributed by atoms with E-state index in [4.69, 9.17) is 10.5 Å². The van der Waals surface area contributed by atoms with Crippen LogP contribution >= 0.6 is 39.0 Å². The van der Waals surface area contributed by atoms with Crippen molar-refractivity contribution < 1.29 is 14.3 Å². The van der Waals surface area contributed by atoms with E-state index in [1.54, 1.807) is 0 Å². The maximum absolute atomic E-state index is 12.7. The summed E-state index contributed by atoms with van der Waals surface area (Å²) in [6, 6.07) is 7.57. The third-order valence-corrected chi connectivity index (χ3v) is 8.42. The van der Waals surface area contributed by atoms with Crippen molar-refractivity contribution in [1.29, 1.82) is 0 Å². The lowest BCUT2D eigenvalue weighted by Crippen LogP contribution is -2.20. The van der Waals surface area contributed by atoms with Crippen LogP contribution in [0.5, 0.6) is 5.75 Å². The number of fused-ring (bicyclic) bond motifs is 1. The Morgan fingerprint density at radius 2 is 2.09 bits per heavy atom. The molecule has 180 valence electrons. The van der Waals surface area contributed by atoms with Gasteiger partial charge in [0.15, 0.2) is 17.1 Å². The first-order valence-corrected chi connectivity index (χ1v) is 13.5. The summed E-state index contributed by atoms with van der Waals surface area (Å²) < 4.78 is 8.76. The van der Waals surface area contributed by atoms with E-state index < -0.39 is 5.91 Å². The fourth-order valence-electron chi connectivity index (χ4n) is 3.97. The topological polar surface area (TPSA) is 112 Å². The van der Waals surface area contributed by atoms with Gasteiger partial charge >= 0.3 is 0 Å². The number of ether oxygens (including phenoxy) is 1. The van der Waals surface area contributed by atoms with E-state index >= 15 is 0 Å². The zero-order valence-corrected chi connectivity index (χ0v) is 22.3. The van der Waals surface area contributed by atoms with Crippen LogP contribution in [0.2, 0.25) is 0 Å². The minimum atomic E-state index is -0.493. The first-order chi connectivity index (χ1) is 16.2. The number of hydrogen-bond donors (Lipinski definition) is 2. The van der Waals surface area contributed by atoms with Crippen molar-refractivity contribution in [2.75, 3.05) is 11.1 Å². The Balaban J connectivity index is 1.39. The average Bonchev–Trinajstić information content (AvgIpc) is 3.33. The molecule has 3 N–H and O–H groups in total. The molecule has 2 atom stereocenters. The molecule has 2 unspecified atom stereocenters. The van der Waals surface area contributed by atoms with Crippen LogP contribution in [-0.4, -0.2) is 32.3 Å². The Kier molecular flexibility index (Phi) is 7.63. The molecule has 0 spiro atoms. The Morgan fingerprint density at radius 3 is 2.79 bits per heavy atom. The number of amides is 2. The second-order valence-corrected chi connectivity index (χ2v) is 11.3. The fourth-order valence-corrected chi connectivity index (χ4v) is 6.38. The monoisotopic (exact) mass is 563 g/mol. The minimum Gasteiger partial charge on any atom is -0.483 e. The average molecular weight is 565 g/mol. The zero-order valence-electron chi connectivity index (χ0n) is 19.1. The standard InChI is InChI=1S/C23H26BrN5O3S2/c1-12-4-9-16-17(10-12)34-22(19(16)20(25)31)26-18(30)11-33-23-28-27-21(29(23)3)13(2)32-15-7-5-14(24)6-8-15/h5-8,12-13H,4,9-11H2,1-3H3,(H2,25,31)(H,26,30). The maximum atomic E-state index is 12.7. The quantitative estimate of drug-likeness (QED) is 0.383. The van der Waals surface area contributed by atoms with Crippen LogP contribution in [0.25, 0.3) is 0 Å². The Bertz CT molecular complexity index is 1210. The molecule has 1 aromatic carbocycles. The Morgan fingerprint density at radius 1 is 1.35 bits per heavy atom. The van der Waals surface area contributed by atoms with E-state index in [2.05, 4.69) is 38.4 Å². The van der Waals surface area contributed by atoms with Gasteiger partial charge in [-0.15, -0.1) is 21.5 Å². The summed E-state index contributed by atoms with van der Waals surface area (Å²) in [5, 5.41) is 12.5. The largest absolute Gasteiger partial charge is 0.483 e. The van der Waals surface area contributed by atoms with E-state index in [1.807, 2.05) is 42.8 Å². The number of aromatic nitrogens is 3. The molecule has 0 aliphatic heterocycles. The highest BCUT2D eigenvalue weighted by atomic mass is 79.9. The lowest BCUT2D eigenvalue weighted by molar-refractivity contribution is -0.113. The number of nitrogens with two attached hydrogens (primary N) is 1. The minimum absolute atomic E-state index is 0.130. The lowest BCUT2D eigenvalue weighted by atomic mass is 9.88. The molecule has 3 aromatic rings. The van der Waals surface area contributed by atoms with Crippen molar-refractivity contribution in [3.63, 3.8) is 0 Å². The van der Waals surface area contributed by atoms with Crippen LogP contribution in [0, 0.1) is 5.92 Å². The Hall–Kier alpha value is -2.37. The second kappa shape index (κ2) is 10.5. The molecule has 0 radical (unpaired) electrons. The van der Waals surface area contributed by atoms with E-state index in [0.29, 0.717) is 27.5 Å². The molecule has 0 saturated heterocycles. The number of benzene rings is 1. The molecular formula is C23H26BrN5O3S2. The molecule has 8 nitrogen and oxygen atoms in total. The van der Waals surface area contributed by atoms with Gasteiger partial charge < -0.3 is 20.4 Å². The number of carbonyl (C=O) groups is 2. The highest BCUT2D eigenvalue weighted by Crippen LogP contribution is 2.39. The second-order valence-electron chi connectivity index (χ2n) is 8.37. The number of hydrogen-bond acceptors (Lipinski definition) is 7. The van der Waals surface area contributed by atoms with Crippen LogP contribution in [0.15, 0.2) is 33.9 Å². The Labute approximate surface area is 214 Å². The van der Waals surface area contributed by atoms with Crippen molar-refractivity contribution in [2.45, 2.75) is 44.4 Å². The molecule has 0 bridgehead atoms. The predicted molar refractivity (Wildman–Crippen MR) is 138 cm³/mol. The van der Waals surface area contributed by atoms with Crippen LogP contribution in [-0.2, 0) is 24.7 Å². The van der Waals surface area contributed by atoms with E-state index in [-0.39, 0.29) is 17.8 Å². The van der Waals surface area contributed by atoms with Crippen LogP contribution < -0.4 is 15.8 Å². The van der Waals surface area contributed by atoms with Gasteiger partial charge in [-0.25, -0.2) is 0 Å². The van der Waals surface area contributed by atoms with Gasteiger partial charge in [-0.05, 0) is 61.9 Å². The number of rotatable bonds is 8. The summed E-state index contributed by atoms with van der Waals surface area (Å²) in [4.78, 5) is 25.9. The van der Waals surface area contributed by atoms with E-state index in [1.165, 1.54) is 23.1 Å². The predicted octanol–water partition coefficient (Wildman–Crippen LogP) is 4.73. The zero-order chi connectivity index (χ0) is 24.4. The van der Waals surface area contributed by atoms with Crippen LogP contribution in [0.3, 0.4) is 0 Å². The van der Waals surface area contributed by atoms with Gasteiger partial charge in [0.05, 0.1) is 11.3 Å². The van der Waals surface area contributed by atoms with Crippen LogP contribution in [0.4, 0.5) is 5.00 Å². The highest BCUT2D eigenvalue weighted by molar-refractivity contribution is 9.10. The molecule has 0 saturated carbocycles. The van der Waals surface area contributed by atoms with E-state index in [0.717, 1.165) is 39.9 Å². The number of thiophene rings is 1. The van der Waals surface area contributed by atoms with E-state index in [9.17, 15) is 9.59 Å². The molecule has 2 aromatic heterocycles. The summed E-state index contributed by atoms with van der Waals surface area (Å²) in [6.45, 7) is 4.10. The number of nitrogens with one attached hydrogen (secondary N) is 1. The number of carbonyl (C=O) groups excluding carboxylic acids is 2. The highest BCUT2D eigenvalue weighted by Gasteiger charge is 2.27. The van der Waals surface area contributed by atoms with Gasteiger partial charge in [0, 0.05) is 16.4 Å². The third kappa shape index (κ3) is 5.47. The number of primary amides is 1. The van der Waals surface area contributed by atoms with Gasteiger partial charge in [0.25, 0.3) is 5.91 Å². The fraction of sp³-hybridized carbons (Fsp3) is 0.391. The summed E-state index contributed by atoms with van der Waals surface area (Å²) >= 11 is 6.15. The summed E-state index contributed by atoms with van der Waals surface area (Å²) in [5.74, 6) is 1.36. The third-order valence-electron chi connectivity index (χ3n) is 5.70. The van der Waals surface area contributed by atoms with Crippen molar-refractivity contribution in [3.05, 3.63) is 50.6 Å². The molecular weight excluding hydrogens is 538 g/mol. The summed E-state index contributed by atoms with van der Waals surface area (Å²) in [5.41, 5.74) is 7.11. The van der Waals surface area contributed by atoms with Gasteiger partial charge in [-0.3, -0.25) is 9.59 Å². The molecule has 2 amide bonds. The van der Waals surface area contributed by atoms with Gasteiger partial charge in [-0.2, -0.15) is 0 Å². The number of halogens is 1. The number of thioether (sulfide) groups is 1. The van der Waals surface area contributed by atoms with Gasteiger partial charge in [0.1, 0.15) is 10.8 Å². The van der Waals surface area contributed by atoms with Crippen molar-refractivity contribution in [3.8, 4) is 5.75 Å². The molecule has 4 rings (SSSR count). The number of anilines is 1. The molecule has 11 heteroatoms. The van der Waals surface area contributed by atoms with Gasteiger partial charge in [-0.1, -0.05) is 34.6 Å². The summed E-state index contributed by atoms with van der Waals surface area (Å²) in [6.07, 6.45) is 2.43. The lowest BCUT2D eigenvalue weighted by Gasteiger charge is -2.18. The van der Waals surface area contributed by atoms with Gasteiger partial charge in [0.2, 0.25) is 5.91 Å². The molecule has 1 aliphatic rings. The van der Waals surface area contributed by atoms with Crippen molar-refractivity contribution in [1.82, 2.24) is 14.8 Å². The smallest absolute Gasteiger partial charge is 0.251 e. The molecule has 1 aliphatic carbocycles. The first-order valence-electron chi connectivity index (χ1n) is 10.9. The summed E-state index contributed by atoms with van der Waals surface area (Å²) in [7, 11) is 1.84. The molecule has 0 fully saturated rings. The molecule has 34 heavy (non-hydrogen) atoms. The molecule has 2 heterocycles.